The summed E-state index contributed by atoms with van der Waals surface area (Å²) in [7, 11) is 1.32. The zero-order chi connectivity index (χ0) is 22.6. The van der Waals surface area contributed by atoms with Crippen LogP contribution < -0.4 is 20.7 Å². The summed E-state index contributed by atoms with van der Waals surface area (Å²) in [4.78, 5) is 15.8. The second-order valence-corrected chi connectivity index (χ2v) is 7.14. The number of carbonyl (C=O) groups is 1. The van der Waals surface area contributed by atoms with Gasteiger partial charge in [-0.2, -0.15) is 0 Å². The summed E-state index contributed by atoms with van der Waals surface area (Å²) in [6, 6.07) is 14.8. The van der Waals surface area contributed by atoms with Gasteiger partial charge in [-0.1, -0.05) is 24.3 Å². The lowest BCUT2D eigenvalue weighted by atomic mass is 10.1. The lowest BCUT2D eigenvalue weighted by Crippen LogP contribution is -2.39. The van der Waals surface area contributed by atoms with E-state index in [2.05, 4.69) is 25.7 Å². The van der Waals surface area contributed by atoms with E-state index in [1.54, 1.807) is 12.1 Å². The standard InChI is InChI=1S/C23H32N4O4/c1-5-24-22(25-14-17-6-10-19(11-7-17)27-23(29)30-4)26-15-21(28)18-8-12-20(13-9-18)31-16(2)3/h6-13,16,21,28H,5,14-15H2,1-4H3,(H,27,29)(H2,24,25,26). The Morgan fingerprint density at radius 3 is 2.32 bits per heavy atom. The number of carbonyl (C=O) groups excluding carboxylic acids is 1. The minimum absolute atomic E-state index is 0.108. The predicted molar refractivity (Wildman–Crippen MR) is 122 cm³/mol. The fraction of sp³-hybridized carbons (Fsp3) is 0.391. The molecule has 31 heavy (non-hydrogen) atoms. The van der Waals surface area contributed by atoms with E-state index in [4.69, 9.17) is 4.74 Å². The minimum atomic E-state index is -0.680. The highest BCUT2D eigenvalue weighted by atomic mass is 16.5. The zero-order valence-electron chi connectivity index (χ0n) is 18.5. The van der Waals surface area contributed by atoms with Crippen molar-refractivity contribution < 1.29 is 19.4 Å². The average molecular weight is 429 g/mol. The number of nitrogens with one attached hydrogen (secondary N) is 3. The van der Waals surface area contributed by atoms with Crippen LogP contribution in [-0.4, -0.2) is 43.5 Å². The molecule has 0 radical (unpaired) electrons. The van der Waals surface area contributed by atoms with E-state index in [-0.39, 0.29) is 6.10 Å². The molecule has 0 aromatic heterocycles. The van der Waals surface area contributed by atoms with Gasteiger partial charge in [-0.25, -0.2) is 9.79 Å². The molecule has 1 amide bonds. The monoisotopic (exact) mass is 428 g/mol. The maximum atomic E-state index is 11.2. The molecule has 2 aromatic rings. The fourth-order valence-electron chi connectivity index (χ4n) is 2.73. The Balaban J connectivity index is 1.91. The van der Waals surface area contributed by atoms with E-state index < -0.39 is 12.2 Å². The van der Waals surface area contributed by atoms with Crippen molar-refractivity contribution in [2.24, 2.45) is 4.99 Å². The van der Waals surface area contributed by atoms with E-state index in [1.165, 1.54) is 7.11 Å². The molecule has 0 saturated carbocycles. The van der Waals surface area contributed by atoms with Crippen molar-refractivity contribution in [2.75, 3.05) is 25.5 Å². The summed E-state index contributed by atoms with van der Waals surface area (Å²) in [6.07, 6.45) is -1.08. The number of aliphatic imine (C=N–C) groups is 1. The van der Waals surface area contributed by atoms with Crippen molar-refractivity contribution in [2.45, 2.75) is 39.5 Å². The first-order chi connectivity index (χ1) is 14.9. The number of rotatable bonds is 9. The highest BCUT2D eigenvalue weighted by molar-refractivity contribution is 5.84. The Kier molecular flexibility index (Phi) is 9.64. The number of hydrogen-bond donors (Lipinski definition) is 4. The summed E-state index contributed by atoms with van der Waals surface area (Å²) >= 11 is 0. The highest BCUT2D eigenvalue weighted by Crippen LogP contribution is 2.18. The maximum absolute atomic E-state index is 11.2. The van der Waals surface area contributed by atoms with Crippen molar-refractivity contribution in [3.63, 3.8) is 0 Å². The van der Waals surface area contributed by atoms with E-state index in [0.717, 1.165) is 16.9 Å². The maximum Gasteiger partial charge on any atom is 0.411 e. The molecule has 1 unspecified atom stereocenters. The molecule has 0 fully saturated rings. The number of anilines is 1. The lowest BCUT2D eigenvalue weighted by Gasteiger charge is -2.16. The molecule has 168 valence electrons. The molecule has 0 bridgehead atoms. The largest absolute Gasteiger partial charge is 0.491 e. The molecular weight excluding hydrogens is 396 g/mol. The van der Waals surface area contributed by atoms with Gasteiger partial charge < -0.3 is 25.2 Å². The lowest BCUT2D eigenvalue weighted by molar-refractivity contribution is 0.180. The van der Waals surface area contributed by atoms with Gasteiger partial charge in [-0.05, 0) is 56.2 Å². The quantitative estimate of drug-likeness (QED) is 0.360. The fourth-order valence-corrected chi connectivity index (χ4v) is 2.73. The van der Waals surface area contributed by atoms with Crippen molar-refractivity contribution in [1.29, 1.82) is 0 Å². The molecule has 0 aliphatic carbocycles. The number of ether oxygens (including phenoxy) is 2. The molecule has 0 aliphatic rings. The van der Waals surface area contributed by atoms with Gasteiger partial charge in [-0.15, -0.1) is 0 Å². The summed E-state index contributed by atoms with van der Waals surface area (Å²) < 4.78 is 10.2. The molecule has 1 atom stereocenters. The highest BCUT2D eigenvalue weighted by Gasteiger charge is 2.09. The molecule has 0 heterocycles. The van der Waals surface area contributed by atoms with Gasteiger partial charge in [0.05, 0.1) is 25.9 Å². The van der Waals surface area contributed by atoms with E-state index in [0.29, 0.717) is 31.3 Å². The molecule has 0 spiro atoms. The van der Waals surface area contributed by atoms with E-state index in [1.807, 2.05) is 57.2 Å². The minimum Gasteiger partial charge on any atom is -0.491 e. The topological polar surface area (TPSA) is 104 Å². The van der Waals surface area contributed by atoms with Gasteiger partial charge in [0.2, 0.25) is 0 Å². The van der Waals surface area contributed by atoms with Crippen LogP contribution in [0.15, 0.2) is 53.5 Å². The number of benzene rings is 2. The van der Waals surface area contributed by atoms with Crippen LogP contribution >= 0.6 is 0 Å². The number of aliphatic hydroxyl groups excluding tert-OH is 1. The van der Waals surface area contributed by atoms with Crippen LogP contribution in [0.4, 0.5) is 10.5 Å². The molecule has 0 saturated heterocycles. The van der Waals surface area contributed by atoms with E-state index in [9.17, 15) is 9.90 Å². The number of hydrogen-bond acceptors (Lipinski definition) is 5. The first kappa shape index (κ1) is 24.0. The van der Waals surface area contributed by atoms with Crippen LogP contribution in [0.5, 0.6) is 5.75 Å². The zero-order valence-corrected chi connectivity index (χ0v) is 18.5. The third-order valence-corrected chi connectivity index (χ3v) is 4.25. The van der Waals surface area contributed by atoms with Crippen LogP contribution in [-0.2, 0) is 11.3 Å². The number of methoxy groups -OCH3 is 1. The van der Waals surface area contributed by atoms with Gasteiger partial charge in [0.1, 0.15) is 5.75 Å². The van der Waals surface area contributed by atoms with Crippen LogP contribution in [0.2, 0.25) is 0 Å². The van der Waals surface area contributed by atoms with Crippen molar-refractivity contribution >= 4 is 17.7 Å². The number of nitrogens with zero attached hydrogens (tertiary/aromatic N) is 1. The first-order valence-electron chi connectivity index (χ1n) is 10.3. The molecule has 0 aliphatic heterocycles. The van der Waals surface area contributed by atoms with Crippen molar-refractivity contribution in [1.82, 2.24) is 10.6 Å². The SMILES string of the molecule is CCNC(=NCc1ccc(NC(=O)OC)cc1)NCC(O)c1ccc(OC(C)C)cc1. The van der Waals surface area contributed by atoms with E-state index >= 15 is 0 Å². The summed E-state index contributed by atoms with van der Waals surface area (Å²) in [6.45, 7) is 7.40. The van der Waals surface area contributed by atoms with Gasteiger partial charge >= 0.3 is 6.09 Å². The average Bonchev–Trinajstić information content (AvgIpc) is 2.76. The van der Waals surface area contributed by atoms with Gasteiger partial charge in [0.25, 0.3) is 0 Å². The Labute approximate surface area is 183 Å². The van der Waals surface area contributed by atoms with Crippen LogP contribution in [0.1, 0.15) is 38.0 Å². The molecule has 8 heteroatoms. The Morgan fingerprint density at radius 1 is 1.06 bits per heavy atom. The molecule has 2 rings (SSSR count). The number of aliphatic hydroxyl groups is 1. The predicted octanol–water partition coefficient (Wildman–Crippen LogP) is 3.44. The summed E-state index contributed by atoms with van der Waals surface area (Å²) in [5, 5.41) is 19.4. The van der Waals surface area contributed by atoms with Crippen molar-refractivity contribution in [3.05, 3.63) is 59.7 Å². The normalized spacial score (nSPS) is 12.3. The molecule has 2 aromatic carbocycles. The second-order valence-electron chi connectivity index (χ2n) is 7.14. The summed E-state index contributed by atoms with van der Waals surface area (Å²) in [5.41, 5.74) is 2.43. The van der Waals surface area contributed by atoms with Gasteiger partial charge in [0.15, 0.2) is 5.96 Å². The third-order valence-electron chi connectivity index (χ3n) is 4.25. The van der Waals surface area contributed by atoms with Crippen LogP contribution in [0, 0.1) is 0 Å². The number of amides is 1. The Hall–Kier alpha value is -3.26. The van der Waals surface area contributed by atoms with Crippen LogP contribution in [0.3, 0.4) is 0 Å². The smallest absolute Gasteiger partial charge is 0.411 e. The Morgan fingerprint density at radius 2 is 1.74 bits per heavy atom. The molecular formula is C23H32N4O4. The van der Waals surface area contributed by atoms with Gasteiger partial charge in [0, 0.05) is 18.8 Å². The second kappa shape index (κ2) is 12.4. The third kappa shape index (κ3) is 8.55. The molecule has 4 N–H and O–H groups in total. The number of guanidine groups is 1. The summed E-state index contributed by atoms with van der Waals surface area (Å²) in [5.74, 6) is 1.39. The first-order valence-corrected chi connectivity index (χ1v) is 10.3. The van der Waals surface area contributed by atoms with Crippen molar-refractivity contribution in [3.8, 4) is 5.75 Å². The van der Waals surface area contributed by atoms with Gasteiger partial charge in [-0.3, -0.25) is 5.32 Å². The molecule has 8 nitrogen and oxygen atoms in total. The van der Waals surface area contributed by atoms with Crippen LogP contribution in [0.25, 0.3) is 0 Å². The Bertz CT molecular complexity index is 836.